The van der Waals surface area contributed by atoms with Crippen molar-refractivity contribution in [1.82, 2.24) is 10.3 Å². The third kappa shape index (κ3) is 5.21. The van der Waals surface area contributed by atoms with Gasteiger partial charge in [-0.25, -0.2) is 4.98 Å². The summed E-state index contributed by atoms with van der Waals surface area (Å²) < 4.78 is 5.40. The third-order valence-electron chi connectivity index (χ3n) is 5.84. The number of amides is 2. The summed E-state index contributed by atoms with van der Waals surface area (Å²) in [6, 6.07) is 20.8. The molecule has 0 bridgehead atoms. The topological polar surface area (TPSA) is 83.6 Å². The number of pyridine rings is 1. The fourth-order valence-electron chi connectivity index (χ4n) is 3.78. The summed E-state index contributed by atoms with van der Waals surface area (Å²) in [6.07, 6.45) is 2.11. The van der Waals surface area contributed by atoms with Gasteiger partial charge in [-0.1, -0.05) is 18.2 Å². The van der Waals surface area contributed by atoms with Crippen molar-refractivity contribution in [3.8, 4) is 11.3 Å². The van der Waals surface area contributed by atoms with E-state index in [-0.39, 0.29) is 11.8 Å². The van der Waals surface area contributed by atoms with Gasteiger partial charge in [-0.3, -0.25) is 9.59 Å². The summed E-state index contributed by atoms with van der Waals surface area (Å²) in [6.45, 7) is 3.21. The van der Waals surface area contributed by atoms with E-state index in [1.165, 1.54) is 0 Å². The Kier molecular flexibility index (Phi) is 6.04. The van der Waals surface area contributed by atoms with Crippen LogP contribution in [-0.4, -0.2) is 49.1 Å². The second-order valence-electron chi connectivity index (χ2n) is 8.33. The molecule has 0 spiro atoms. The highest BCUT2D eigenvalue weighted by Gasteiger charge is 2.23. The Morgan fingerprint density at radius 3 is 2.30 bits per heavy atom. The van der Waals surface area contributed by atoms with Crippen LogP contribution in [0.4, 0.5) is 11.4 Å². The van der Waals surface area contributed by atoms with Gasteiger partial charge in [0.25, 0.3) is 11.8 Å². The number of anilines is 2. The lowest BCUT2D eigenvalue weighted by Crippen LogP contribution is -2.36. The lowest BCUT2D eigenvalue weighted by molar-refractivity contribution is 0.0950. The van der Waals surface area contributed by atoms with Gasteiger partial charge in [-0.15, -0.1) is 0 Å². The molecule has 2 aliphatic rings. The molecule has 5 rings (SSSR count). The van der Waals surface area contributed by atoms with Crippen molar-refractivity contribution in [3.63, 3.8) is 0 Å². The first-order chi connectivity index (χ1) is 16.2. The molecular formula is C26H26N4O3. The van der Waals surface area contributed by atoms with Crippen molar-refractivity contribution < 1.29 is 14.3 Å². The fourth-order valence-corrected chi connectivity index (χ4v) is 3.78. The zero-order chi connectivity index (χ0) is 22.6. The number of carbonyl (C=O) groups excluding carboxylic acids is 2. The Labute approximate surface area is 192 Å². The molecule has 2 aromatic carbocycles. The van der Waals surface area contributed by atoms with Crippen LogP contribution in [0.2, 0.25) is 0 Å². The summed E-state index contributed by atoms with van der Waals surface area (Å²) in [7, 11) is 0. The van der Waals surface area contributed by atoms with Crippen molar-refractivity contribution >= 4 is 23.2 Å². The number of aromatic nitrogens is 1. The highest BCUT2D eigenvalue weighted by Crippen LogP contribution is 2.22. The standard InChI is InChI=1S/C26H26N4O3/c31-25(27-20-8-9-20)19-6-4-18(5-7-19)23-2-1-3-24(29-23)26(32)28-21-10-12-22(13-11-21)30-14-16-33-17-15-30/h1-7,10-13,20H,8-9,14-17H2,(H,27,31)(H,28,32). The molecule has 7 nitrogen and oxygen atoms in total. The van der Waals surface area contributed by atoms with Gasteiger partial charge >= 0.3 is 0 Å². The molecule has 168 valence electrons. The van der Waals surface area contributed by atoms with Gasteiger partial charge in [0.15, 0.2) is 0 Å². The van der Waals surface area contributed by atoms with Crippen molar-refractivity contribution in [3.05, 3.63) is 78.0 Å². The Balaban J connectivity index is 1.24. The van der Waals surface area contributed by atoms with Crippen LogP contribution >= 0.6 is 0 Å². The second-order valence-corrected chi connectivity index (χ2v) is 8.33. The summed E-state index contributed by atoms with van der Waals surface area (Å²) in [4.78, 5) is 31.8. The first kappa shape index (κ1) is 21.2. The molecular weight excluding hydrogens is 416 g/mol. The number of rotatable bonds is 6. The van der Waals surface area contributed by atoms with Crippen LogP contribution in [0.15, 0.2) is 66.7 Å². The Morgan fingerprint density at radius 2 is 1.61 bits per heavy atom. The maximum Gasteiger partial charge on any atom is 0.274 e. The van der Waals surface area contributed by atoms with E-state index < -0.39 is 0 Å². The number of nitrogens with one attached hydrogen (secondary N) is 2. The molecule has 2 fully saturated rings. The summed E-state index contributed by atoms with van der Waals surface area (Å²) in [5.41, 5.74) is 4.32. The fraction of sp³-hybridized carbons (Fsp3) is 0.269. The molecule has 1 aromatic heterocycles. The van der Waals surface area contributed by atoms with Crippen LogP contribution in [0.5, 0.6) is 0 Å². The highest BCUT2D eigenvalue weighted by atomic mass is 16.5. The van der Waals surface area contributed by atoms with E-state index in [9.17, 15) is 9.59 Å². The quantitative estimate of drug-likeness (QED) is 0.608. The minimum Gasteiger partial charge on any atom is -0.378 e. The Hall–Kier alpha value is -3.71. The lowest BCUT2D eigenvalue weighted by atomic mass is 10.1. The van der Waals surface area contributed by atoms with Crippen molar-refractivity contribution in [2.24, 2.45) is 0 Å². The lowest BCUT2D eigenvalue weighted by Gasteiger charge is -2.28. The molecule has 1 saturated heterocycles. The summed E-state index contributed by atoms with van der Waals surface area (Å²) >= 11 is 0. The van der Waals surface area contributed by atoms with Crippen molar-refractivity contribution in [1.29, 1.82) is 0 Å². The summed E-state index contributed by atoms with van der Waals surface area (Å²) in [5.74, 6) is -0.318. The predicted molar refractivity (Wildman–Crippen MR) is 128 cm³/mol. The number of hydrogen-bond donors (Lipinski definition) is 2. The molecule has 2 amide bonds. The molecule has 7 heteroatoms. The maximum atomic E-state index is 12.8. The monoisotopic (exact) mass is 442 g/mol. The van der Waals surface area contributed by atoms with E-state index in [0.717, 1.165) is 56.1 Å². The van der Waals surface area contributed by atoms with Gasteiger partial charge in [-0.2, -0.15) is 0 Å². The molecule has 2 heterocycles. The first-order valence-corrected chi connectivity index (χ1v) is 11.3. The van der Waals surface area contributed by atoms with Crippen LogP contribution in [0.25, 0.3) is 11.3 Å². The molecule has 3 aromatic rings. The van der Waals surface area contributed by atoms with E-state index in [0.29, 0.717) is 23.0 Å². The summed E-state index contributed by atoms with van der Waals surface area (Å²) in [5, 5.41) is 5.90. The minimum absolute atomic E-state index is 0.0511. The van der Waals surface area contributed by atoms with Crippen LogP contribution < -0.4 is 15.5 Å². The zero-order valence-electron chi connectivity index (χ0n) is 18.3. The zero-order valence-corrected chi connectivity index (χ0v) is 18.3. The average molecular weight is 443 g/mol. The van der Waals surface area contributed by atoms with Gasteiger partial charge in [0.05, 0.1) is 18.9 Å². The minimum atomic E-state index is -0.267. The molecule has 0 atom stereocenters. The highest BCUT2D eigenvalue weighted by molar-refractivity contribution is 6.03. The second kappa shape index (κ2) is 9.42. The molecule has 33 heavy (non-hydrogen) atoms. The Bertz CT molecular complexity index is 1130. The predicted octanol–water partition coefficient (Wildman–Crippen LogP) is 3.73. The van der Waals surface area contributed by atoms with E-state index in [2.05, 4.69) is 20.5 Å². The largest absolute Gasteiger partial charge is 0.378 e. The van der Waals surface area contributed by atoms with E-state index in [1.807, 2.05) is 48.5 Å². The van der Waals surface area contributed by atoms with Gasteiger partial charge in [0.1, 0.15) is 5.69 Å². The normalized spacial score (nSPS) is 15.7. The average Bonchev–Trinajstić information content (AvgIpc) is 3.69. The van der Waals surface area contributed by atoms with Crippen LogP contribution in [0, 0.1) is 0 Å². The number of nitrogens with zero attached hydrogens (tertiary/aromatic N) is 2. The number of benzene rings is 2. The molecule has 0 unspecified atom stereocenters. The molecule has 0 radical (unpaired) electrons. The third-order valence-corrected chi connectivity index (χ3v) is 5.84. The number of ether oxygens (including phenoxy) is 1. The van der Waals surface area contributed by atoms with Gasteiger partial charge in [0.2, 0.25) is 0 Å². The SMILES string of the molecule is O=C(NC1CC1)c1ccc(-c2cccc(C(=O)Nc3ccc(N4CCOCC4)cc3)n2)cc1. The van der Waals surface area contributed by atoms with Crippen molar-refractivity contribution in [2.45, 2.75) is 18.9 Å². The van der Waals surface area contributed by atoms with Crippen molar-refractivity contribution in [2.75, 3.05) is 36.5 Å². The van der Waals surface area contributed by atoms with Gasteiger partial charge < -0.3 is 20.3 Å². The first-order valence-electron chi connectivity index (χ1n) is 11.3. The number of carbonyl (C=O) groups is 2. The molecule has 2 N–H and O–H groups in total. The number of morpholine rings is 1. The Morgan fingerprint density at radius 1 is 0.879 bits per heavy atom. The molecule has 1 aliphatic carbocycles. The van der Waals surface area contributed by atoms with E-state index in [1.54, 1.807) is 18.2 Å². The maximum absolute atomic E-state index is 12.8. The van der Waals surface area contributed by atoms with Gasteiger partial charge in [0, 0.05) is 41.6 Å². The number of hydrogen-bond acceptors (Lipinski definition) is 5. The van der Waals surface area contributed by atoms with E-state index >= 15 is 0 Å². The molecule has 1 aliphatic heterocycles. The molecule has 1 saturated carbocycles. The van der Waals surface area contributed by atoms with Crippen LogP contribution in [-0.2, 0) is 4.74 Å². The van der Waals surface area contributed by atoms with E-state index in [4.69, 9.17) is 4.74 Å². The smallest absolute Gasteiger partial charge is 0.274 e. The van der Waals surface area contributed by atoms with Gasteiger partial charge in [-0.05, 0) is 61.4 Å². The van der Waals surface area contributed by atoms with Crippen LogP contribution in [0.3, 0.4) is 0 Å². The van der Waals surface area contributed by atoms with Crippen LogP contribution in [0.1, 0.15) is 33.7 Å².